The van der Waals surface area contributed by atoms with E-state index in [2.05, 4.69) is 5.32 Å². The molecule has 0 bridgehead atoms. The summed E-state index contributed by atoms with van der Waals surface area (Å²) in [7, 11) is 0. The average Bonchev–Trinajstić information content (AvgIpc) is 2.49. The zero-order chi connectivity index (χ0) is 19.3. The summed E-state index contributed by atoms with van der Waals surface area (Å²) in [6.07, 6.45) is 0.403. The summed E-state index contributed by atoms with van der Waals surface area (Å²) in [6, 6.07) is 10.6. The number of nitrogens with one attached hydrogen (secondary N) is 1. The molecule has 0 aliphatic carbocycles. The minimum absolute atomic E-state index is 0.168. The van der Waals surface area contributed by atoms with Gasteiger partial charge < -0.3 is 10.4 Å². The molecule has 0 saturated carbocycles. The Morgan fingerprint density at radius 1 is 1.00 bits per heavy atom. The number of halogens is 2. The minimum atomic E-state index is -0.971. The quantitative estimate of drug-likeness (QED) is 0.734. The van der Waals surface area contributed by atoms with Gasteiger partial charge in [0.25, 0.3) is 0 Å². The Bertz CT molecular complexity index is 800. The Morgan fingerprint density at radius 2 is 1.65 bits per heavy atom. The topological polar surface area (TPSA) is 66.4 Å². The number of aryl methyl sites for hydroxylation is 2. The predicted octanol–water partition coefficient (Wildman–Crippen LogP) is 4.35. The molecule has 2 aromatic rings. The van der Waals surface area contributed by atoms with Crippen LogP contribution in [-0.2, 0) is 22.4 Å². The van der Waals surface area contributed by atoms with Crippen LogP contribution in [-0.4, -0.2) is 23.0 Å². The molecule has 0 aliphatic heterocycles. The highest BCUT2D eigenvalue weighted by Gasteiger charge is 2.17. The Hall–Kier alpha value is -2.04. The van der Waals surface area contributed by atoms with Gasteiger partial charge in [-0.1, -0.05) is 58.6 Å². The van der Waals surface area contributed by atoms with Gasteiger partial charge in [0, 0.05) is 6.04 Å². The van der Waals surface area contributed by atoms with Gasteiger partial charge in [0.1, 0.15) is 0 Å². The molecule has 0 saturated heterocycles. The predicted molar refractivity (Wildman–Crippen MR) is 104 cm³/mol. The highest BCUT2D eigenvalue weighted by Crippen LogP contribution is 2.23. The molecule has 1 amide bonds. The van der Waals surface area contributed by atoms with Crippen LogP contribution in [0.15, 0.2) is 36.4 Å². The standard InChI is InChI=1S/C20H21Cl2NO3/c1-12-5-13(2)7-15(6-12)10-19(24)23-16(11-20(25)26)8-14-3-4-17(21)18(22)9-14/h3-7,9,16H,8,10-11H2,1-2H3,(H,23,24)(H,25,26). The molecule has 0 fully saturated rings. The summed E-state index contributed by atoms with van der Waals surface area (Å²) in [5.74, 6) is -1.18. The largest absolute Gasteiger partial charge is 0.481 e. The molecular formula is C20H21Cl2NO3. The van der Waals surface area contributed by atoms with Crippen LogP contribution in [0.1, 0.15) is 28.7 Å². The molecule has 1 atom stereocenters. The lowest BCUT2D eigenvalue weighted by molar-refractivity contribution is -0.137. The van der Waals surface area contributed by atoms with E-state index in [0.29, 0.717) is 16.5 Å². The first-order valence-electron chi connectivity index (χ1n) is 8.25. The maximum Gasteiger partial charge on any atom is 0.305 e. The third-order valence-electron chi connectivity index (χ3n) is 3.90. The van der Waals surface area contributed by atoms with E-state index in [4.69, 9.17) is 28.3 Å². The van der Waals surface area contributed by atoms with Gasteiger partial charge in [0.2, 0.25) is 5.91 Å². The molecule has 26 heavy (non-hydrogen) atoms. The molecule has 138 valence electrons. The molecule has 0 heterocycles. The van der Waals surface area contributed by atoms with E-state index in [1.807, 2.05) is 32.0 Å². The molecule has 6 heteroatoms. The number of hydrogen-bond acceptors (Lipinski definition) is 2. The summed E-state index contributed by atoms with van der Waals surface area (Å²) in [5.41, 5.74) is 3.90. The normalized spacial score (nSPS) is 11.8. The van der Waals surface area contributed by atoms with Gasteiger partial charge in [0.05, 0.1) is 22.9 Å². The van der Waals surface area contributed by atoms with Gasteiger partial charge in [-0.25, -0.2) is 0 Å². The summed E-state index contributed by atoms with van der Waals surface area (Å²) in [5, 5.41) is 12.8. The monoisotopic (exact) mass is 393 g/mol. The summed E-state index contributed by atoms with van der Waals surface area (Å²) < 4.78 is 0. The second kappa shape index (κ2) is 9.06. The molecule has 2 N–H and O–H groups in total. The van der Waals surface area contributed by atoms with Crippen molar-refractivity contribution in [3.8, 4) is 0 Å². The van der Waals surface area contributed by atoms with E-state index >= 15 is 0 Å². The molecule has 0 spiro atoms. The SMILES string of the molecule is Cc1cc(C)cc(CC(=O)NC(CC(=O)O)Cc2ccc(Cl)c(Cl)c2)c1. The fraction of sp³-hybridized carbons (Fsp3) is 0.300. The smallest absolute Gasteiger partial charge is 0.305 e. The number of rotatable bonds is 7. The van der Waals surface area contributed by atoms with E-state index in [1.54, 1.807) is 18.2 Å². The lowest BCUT2D eigenvalue weighted by Crippen LogP contribution is -2.39. The van der Waals surface area contributed by atoms with E-state index in [0.717, 1.165) is 22.3 Å². The van der Waals surface area contributed by atoms with Crippen LogP contribution in [0.2, 0.25) is 10.0 Å². The van der Waals surface area contributed by atoms with Gasteiger partial charge in [0.15, 0.2) is 0 Å². The van der Waals surface area contributed by atoms with Crippen molar-refractivity contribution in [1.29, 1.82) is 0 Å². The van der Waals surface area contributed by atoms with Crippen molar-refractivity contribution in [1.82, 2.24) is 5.32 Å². The molecule has 2 aromatic carbocycles. The molecule has 0 aliphatic rings. The van der Waals surface area contributed by atoms with Gasteiger partial charge in [-0.05, 0) is 43.5 Å². The van der Waals surface area contributed by atoms with E-state index in [-0.39, 0.29) is 18.7 Å². The number of amides is 1. The fourth-order valence-corrected chi connectivity index (χ4v) is 3.29. The van der Waals surface area contributed by atoms with E-state index in [9.17, 15) is 9.59 Å². The number of carboxylic acid groups (broad SMARTS) is 1. The lowest BCUT2D eigenvalue weighted by atomic mass is 10.0. The highest BCUT2D eigenvalue weighted by atomic mass is 35.5. The minimum Gasteiger partial charge on any atom is -0.481 e. The van der Waals surface area contributed by atoms with Gasteiger partial charge in [-0.3, -0.25) is 9.59 Å². The van der Waals surface area contributed by atoms with Crippen molar-refractivity contribution in [3.05, 3.63) is 68.7 Å². The Morgan fingerprint density at radius 3 is 2.23 bits per heavy atom. The van der Waals surface area contributed by atoms with Crippen LogP contribution in [0.25, 0.3) is 0 Å². The average molecular weight is 394 g/mol. The maximum absolute atomic E-state index is 12.4. The summed E-state index contributed by atoms with van der Waals surface area (Å²) >= 11 is 11.9. The first-order chi connectivity index (χ1) is 12.2. The van der Waals surface area contributed by atoms with Crippen molar-refractivity contribution in [2.45, 2.75) is 39.2 Å². The summed E-state index contributed by atoms with van der Waals surface area (Å²) in [4.78, 5) is 23.5. The van der Waals surface area contributed by atoms with Gasteiger partial charge in [-0.2, -0.15) is 0 Å². The molecule has 1 unspecified atom stereocenters. The second-order valence-electron chi connectivity index (χ2n) is 6.49. The van der Waals surface area contributed by atoms with Crippen molar-refractivity contribution in [3.63, 3.8) is 0 Å². The van der Waals surface area contributed by atoms with Crippen LogP contribution >= 0.6 is 23.2 Å². The molecule has 0 radical (unpaired) electrons. The van der Waals surface area contributed by atoms with Crippen molar-refractivity contribution >= 4 is 35.1 Å². The number of aliphatic carboxylic acids is 1. The lowest BCUT2D eigenvalue weighted by Gasteiger charge is -2.18. The first-order valence-corrected chi connectivity index (χ1v) is 9.01. The van der Waals surface area contributed by atoms with Crippen molar-refractivity contribution in [2.24, 2.45) is 0 Å². The molecular weight excluding hydrogens is 373 g/mol. The van der Waals surface area contributed by atoms with E-state index in [1.165, 1.54) is 0 Å². The third kappa shape index (κ3) is 6.36. The number of carboxylic acids is 1. The van der Waals surface area contributed by atoms with E-state index < -0.39 is 12.0 Å². The Kier molecular flexibility index (Phi) is 7.06. The maximum atomic E-state index is 12.4. The zero-order valence-electron chi connectivity index (χ0n) is 14.7. The van der Waals surface area contributed by atoms with Crippen molar-refractivity contribution in [2.75, 3.05) is 0 Å². The molecule has 2 rings (SSSR count). The van der Waals surface area contributed by atoms with Crippen LogP contribution < -0.4 is 5.32 Å². The second-order valence-corrected chi connectivity index (χ2v) is 7.30. The van der Waals surface area contributed by atoms with Crippen LogP contribution in [0.5, 0.6) is 0 Å². The first kappa shape index (κ1) is 20.3. The molecule has 4 nitrogen and oxygen atoms in total. The number of carbonyl (C=O) groups is 2. The number of carbonyl (C=O) groups excluding carboxylic acids is 1. The zero-order valence-corrected chi connectivity index (χ0v) is 16.2. The number of hydrogen-bond donors (Lipinski definition) is 2. The van der Waals surface area contributed by atoms with Gasteiger partial charge in [-0.15, -0.1) is 0 Å². The third-order valence-corrected chi connectivity index (χ3v) is 4.64. The van der Waals surface area contributed by atoms with Crippen LogP contribution in [0.4, 0.5) is 0 Å². The molecule has 0 aromatic heterocycles. The van der Waals surface area contributed by atoms with Crippen LogP contribution in [0.3, 0.4) is 0 Å². The number of benzene rings is 2. The van der Waals surface area contributed by atoms with Gasteiger partial charge >= 0.3 is 5.97 Å². The Balaban J connectivity index is 2.07. The van der Waals surface area contributed by atoms with Crippen molar-refractivity contribution < 1.29 is 14.7 Å². The fourth-order valence-electron chi connectivity index (χ4n) is 2.97. The summed E-state index contributed by atoms with van der Waals surface area (Å²) in [6.45, 7) is 3.96. The highest BCUT2D eigenvalue weighted by molar-refractivity contribution is 6.42. The van der Waals surface area contributed by atoms with Crippen LogP contribution in [0, 0.1) is 13.8 Å². The Labute approximate surface area is 163 Å².